The Hall–Kier alpha value is -0.930. The SMILES string of the molecule is Cc1nc2cc(N)c(C)cc2[nH]1.Cl.Cl. The third-order valence-electron chi connectivity index (χ3n) is 1.99. The lowest BCUT2D eigenvalue weighted by Gasteiger charge is -1.97. The summed E-state index contributed by atoms with van der Waals surface area (Å²) in [6, 6.07) is 3.92. The number of nitrogens with zero attached hydrogens (tertiary/aromatic N) is 1. The third kappa shape index (κ3) is 2.11. The Labute approximate surface area is 94.9 Å². The van der Waals surface area contributed by atoms with E-state index < -0.39 is 0 Å². The van der Waals surface area contributed by atoms with Gasteiger partial charge in [-0.1, -0.05) is 0 Å². The smallest absolute Gasteiger partial charge is 0.104 e. The molecule has 3 N–H and O–H groups in total. The molecule has 0 fully saturated rings. The minimum atomic E-state index is 0. The number of nitrogens with one attached hydrogen (secondary N) is 1. The van der Waals surface area contributed by atoms with Crippen LogP contribution in [-0.4, -0.2) is 9.97 Å². The standard InChI is InChI=1S/C9H11N3.2ClH/c1-5-3-8-9(4-7(5)10)12-6(2)11-8;;/h3-4H,10H2,1-2H3,(H,11,12);2*1H. The topological polar surface area (TPSA) is 54.7 Å². The van der Waals surface area contributed by atoms with Crippen LogP contribution in [0.25, 0.3) is 11.0 Å². The normalized spacial score (nSPS) is 9.29. The largest absolute Gasteiger partial charge is 0.398 e. The monoisotopic (exact) mass is 233 g/mol. The summed E-state index contributed by atoms with van der Waals surface area (Å²) in [5.41, 5.74) is 9.63. The molecule has 2 aromatic rings. The van der Waals surface area contributed by atoms with Gasteiger partial charge in [-0.15, -0.1) is 24.8 Å². The van der Waals surface area contributed by atoms with Crippen molar-refractivity contribution in [2.75, 3.05) is 5.73 Å². The predicted molar refractivity (Wildman–Crippen MR) is 64.5 cm³/mol. The average molecular weight is 234 g/mol. The summed E-state index contributed by atoms with van der Waals surface area (Å²) in [5, 5.41) is 0. The van der Waals surface area contributed by atoms with E-state index >= 15 is 0 Å². The molecule has 2 rings (SSSR count). The Morgan fingerprint density at radius 3 is 2.50 bits per heavy atom. The number of halogens is 2. The molecule has 0 aliphatic carbocycles. The highest BCUT2D eigenvalue weighted by atomic mass is 35.5. The van der Waals surface area contributed by atoms with Crippen LogP contribution in [0, 0.1) is 13.8 Å². The van der Waals surface area contributed by atoms with Crippen LogP contribution >= 0.6 is 24.8 Å². The van der Waals surface area contributed by atoms with E-state index in [4.69, 9.17) is 5.73 Å². The Morgan fingerprint density at radius 2 is 1.86 bits per heavy atom. The summed E-state index contributed by atoms with van der Waals surface area (Å²) in [6.07, 6.45) is 0. The second-order valence-corrected chi connectivity index (χ2v) is 3.05. The first-order valence-electron chi connectivity index (χ1n) is 3.89. The van der Waals surface area contributed by atoms with Gasteiger partial charge in [-0.25, -0.2) is 4.98 Å². The second kappa shape index (κ2) is 4.53. The summed E-state index contributed by atoms with van der Waals surface area (Å²) >= 11 is 0. The van der Waals surface area contributed by atoms with Gasteiger partial charge < -0.3 is 10.7 Å². The summed E-state index contributed by atoms with van der Waals surface area (Å²) in [6.45, 7) is 3.93. The molecular weight excluding hydrogens is 221 g/mol. The Bertz CT molecular complexity index is 398. The number of anilines is 1. The fourth-order valence-electron chi connectivity index (χ4n) is 1.31. The van der Waals surface area contributed by atoms with Gasteiger partial charge >= 0.3 is 0 Å². The summed E-state index contributed by atoms with van der Waals surface area (Å²) in [5.74, 6) is 0.926. The van der Waals surface area contributed by atoms with Gasteiger partial charge in [-0.2, -0.15) is 0 Å². The Morgan fingerprint density at radius 1 is 1.21 bits per heavy atom. The fraction of sp³-hybridized carbons (Fsp3) is 0.222. The summed E-state index contributed by atoms with van der Waals surface area (Å²) in [7, 11) is 0. The van der Waals surface area contributed by atoms with E-state index in [1.54, 1.807) is 0 Å². The van der Waals surface area contributed by atoms with Gasteiger partial charge in [0, 0.05) is 5.69 Å². The van der Waals surface area contributed by atoms with Crippen LogP contribution in [0.5, 0.6) is 0 Å². The number of fused-ring (bicyclic) bond motifs is 1. The lowest BCUT2D eigenvalue weighted by molar-refractivity contribution is 1.17. The number of H-pyrrole nitrogens is 1. The highest BCUT2D eigenvalue weighted by molar-refractivity contribution is 5.85. The maximum atomic E-state index is 5.74. The van der Waals surface area contributed by atoms with Gasteiger partial charge in [0.2, 0.25) is 0 Å². The molecule has 14 heavy (non-hydrogen) atoms. The van der Waals surface area contributed by atoms with Gasteiger partial charge in [0.25, 0.3) is 0 Å². The van der Waals surface area contributed by atoms with Crippen LogP contribution in [0.15, 0.2) is 12.1 Å². The number of benzene rings is 1. The molecule has 3 nitrogen and oxygen atoms in total. The van der Waals surface area contributed by atoms with Crippen LogP contribution in [0.2, 0.25) is 0 Å². The molecule has 1 aromatic heterocycles. The molecule has 0 saturated carbocycles. The first-order chi connectivity index (χ1) is 5.66. The molecule has 0 spiro atoms. The second-order valence-electron chi connectivity index (χ2n) is 3.05. The van der Waals surface area contributed by atoms with Crippen molar-refractivity contribution < 1.29 is 0 Å². The molecule has 0 atom stereocenters. The first kappa shape index (κ1) is 13.1. The van der Waals surface area contributed by atoms with Crippen molar-refractivity contribution in [3.63, 3.8) is 0 Å². The zero-order valence-corrected chi connectivity index (χ0v) is 9.63. The van der Waals surface area contributed by atoms with E-state index in [1.165, 1.54) is 0 Å². The van der Waals surface area contributed by atoms with Crippen LogP contribution < -0.4 is 5.73 Å². The van der Waals surface area contributed by atoms with Gasteiger partial charge in [0.1, 0.15) is 5.82 Å². The zero-order chi connectivity index (χ0) is 8.72. The number of rotatable bonds is 0. The molecule has 0 saturated heterocycles. The Balaban J connectivity index is 0.000000845. The molecule has 0 bridgehead atoms. The number of imidazole rings is 1. The van der Waals surface area contributed by atoms with Gasteiger partial charge in [0.15, 0.2) is 0 Å². The van der Waals surface area contributed by atoms with E-state index in [1.807, 2.05) is 26.0 Å². The molecule has 78 valence electrons. The fourth-order valence-corrected chi connectivity index (χ4v) is 1.31. The van der Waals surface area contributed by atoms with E-state index in [0.29, 0.717) is 0 Å². The maximum Gasteiger partial charge on any atom is 0.104 e. The van der Waals surface area contributed by atoms with Gasteiger partial charge in [0.05, 0.1) is 11.0 Å². The molecule has 0 aliphatic rings. The first-order valence-corrected chi connectivity index (χ1v) is 3.89. The van der Waals surface area contributed by atoms with Crippen molar-refractivity contribution in [1.29, 1.82) is 0 Å². The highest BCUT2D eigenvalue weighted by Gasteiger charge is 2.01. The molecule has 0 radical (unpaired) electrons. The lowest BCUT2D eigenvalue weighted by atomic mass is 10.2. The Kier molecular flexibility index (Phi) is 4.23. The third-order valence-corrected chi connectivity index (χ3v) is 1.99. The minimum absolute atomic E-state index is 0. The van der Waals surface area contributed by atoms with Crippen molar-refractivity contribution in [1.82, 2.24) is 9.97 Å². The number of nitrogen functional groups attached to an aromatic ring is 1. The number of aromatic amines is 1. The van der Waals surface area contributed by atoms with Crippen molar-refractivity contribution in [3.8, 4) is 0 Å². The number of hydrogen-bond acceptors (Lipinski definition) is 2. The van der Waals surface area contributed by atoms with Crippen LogP contribution in [0.3, 0.4) is 0 Å². The number of hydrogen-bond donors (Lipinski definition) is 2. The van der Waals surface area contributed by atoms with E-state index in [0.717, 1.165) is 28.1 Å². The molecule has 0 aliphatic heterocycles. The predicted octanol–water partition coefficient (Wildman–Crippen LogP) is 2.61. The molecule has 1 aromatic carbocycles. The number of nitrogens with two attached hydrogens (primary N) is 1. The van der Waals surface area contributed by atoms with E-state index in [9.17, 15) is 0 Å². The molecule has 1 heterocycles. The lowest BCUT2D eigenvalue weighted by Crippen LogP contribution is -1.88. The zero-order valence-electron chi connectivity index (χ0n) is 8.00. The van der Waals surface area contributed by atoms with Crippen LogP contribution in [0.1, 0.15) is 11.4 Å². The summed E-state index contributed by atoms with van der Waals surface area (Å²) < 4.78 is 0. The van der Waals surface area contributed by atoms with E-state index in [-0.39, 0.29) is 24.8 Å². The molecule has 0 unspecified atom stereocenters. The van der Waals surface area contributed by atoms with Crippen molar-refractivity contribution >= 4 is 41.5 Å². The van der Waals surface area contributed by atoms with E-state index in [2.05, 4.69) is 9.97 Å². The number of aryl methyl sites for hydroxylation is 2. The molecule has 5 heteroatoms. The highest BCUT2D eigenvalue weighted by Crippen LogP contribution is 2.18. The van der Waals surface area contributed by atoms with Gasteiger partial charge in [-0.3, -0.25) is 0 Å². The van der Waals surface area contributed by atoms with Crippen LogP contribution in [0.4, 0.5) is 5.69 Å². The molecular formula is C9H13Cl2N3. The van der Waals surface area contributed by atoms with Gasteiger partial charge in [-0.05, 0) is 31.5 Å². The van der Waals surface area contributed by atoms with Crippen molar-refractivity contribution in [2.45, 2.75) is 13.8 Å². The summed E-state index contributed by atoms with van der Waals surface area (Å²) in [4.78, 5) is 7.44. The minimum Gasteiger partial charge on any atom is -0.398 e. The van der Waals surface area contributed by atoms with Crippen molar-refractivity contribution in [3.05, 3.63) is 23.5 Å². The van der Waals surface area contributed by atoms with Crippen LogP contribution in [-0.2, 0) is 0 Å². The quantitative estimate of drug-likeness (QED) is 0.688. The maximum absolute atomic E-state index is 5.74. The number of aromatic nitrogens is 2. The average Bonchev–Trinajstić information content (AvgIpc) is 2.30. The molecule has 0 amide bonds. The van der Waals surface area contributed by atoms with Crippen molar-refractivity contribution in [2.24, 2.45) is 0 Å².